The van der Waals surface area contributed by atoms with Crippen molar-refractivity contribution in [3.63, 3.8) is 0 Å². The largest absolute Gasteiger partial charge is 0.308 e. The van der Waals surface area contributed by atoms with Gasteiger partial charge in [0.15, 0.2) is 0 Å². The van der Waals surface area contributed by atoms with Crippen LogP contribution < -0.4 is 16.0 Å². The number of sulfonamides is 1. The molecular weight excluding hydrogens is 335 g/mol. The molecule has 0 unspecified atom stereocenters. The van der Waals surface area contributed by atoms with Crippen LogP contribution in [0, 0.1) is 6.92 Å². The van der Waals surface area contributed by atoms with Crippen LogP contribution in [0.1, 0.15) is 5.56 Å². The lowest BCUT2D eigenvalue weighted by Crippen LogP contribution is -2.15. The van der Waals surface area contributed by atoms with Crippen LogP contribution in [0.25, 0.3) is 0 Å². The summed E-state index contributed by atoms with van der Waals surface area (Å²) >= 11 is 12.0. The van der Waals surface area contributed by atoms with Gasteiger partial charge in [-0.25, -0.2) is 19.2 Å². The number of nitrogens with two attached hydrogens (primary N) is 1. The van der Waals surface area contributed by atoms with Crippen LogP contribution in [-0.2, 0) is 10.0 Å². The number of hydrogen-bond donors (Lipinski definition) is 3. The number of pyridine rings is 1. The Labute approximate surface area is 132 Å². The van der Waals surface area contributed by atoms with Crippen molar-refractivity contribution in [3.8, 4) is 0 Å². The van der Waals surface area contributed by atoms with Gasteiger partial charge in [0, 0.05) is 17.3 Å². The van der Waals surface area contributed by atoms with Gasteiger partial charge in [-0.2, -0.15) is 0 Å². The Bertz CT molecular complexity index is 781. The molecule has 0 spiro atoms. The lowest BCUT2D eigenvalue weighted by Gasteiger charge is -2.11. The molecular formula is C12H12Cl2N4O2S. The van der Waals surface area contributed by atoms with Crippen molar-refractivity contribution in [3.05, 3.63) is 46.1 Å². The van der Waals surface area contributed by atoms with E-state index in [0.717, 1.165) is 5.56 Å². The molecule has 0 aliphatic carbocycles. The molecule has 0 saturated heterocycles. The second kappa shape index (κ2) is 6.07. The van der Waals surface area contributed by atoms with E-state index >= 15 is 0 Å². The molecule has 1 heterocycles. The molecule has 1 aromatic heterocycles. The van der Waals surface area contributed by atoms with Crippen molar-refractivity contribution in [2.75, 3.05) is 10.1 Å². The first-order valence-corrected chi connectivity index (χ1v) is 7.98. The predicted octanol–water partition coefficient (Wildman–Crippen LogP) is 2.78. The summed E-state index contributed by atoms with van der Waals surface area (Å²) in [5, 5.41) is 0.669. The van der Waals surface area contributed by atoms with E-state index in [2.05, 4.69) is 15.1 Å². The summed E-state index contributed by atoms with van der Waals surface area (Å²) in [7, 11) is -3.83. The lowest BCUT2D eigenvalue weighted by molar-refractivity contribution is 0.601. The van der Waals surface area contributed by atoms with E-state index < -0.39 is 10.0 Å². The fourth-order valence-electron chi connectivity index (χ4n) is 1.59. The molecule has 9 heteroatoms. The molecule has 112 valence electrons. The first-order chi connectivity index (χ1) is 9.83. The second-order valence-electron chi connectivity index (χ2n) is 4.21. The number of rotatable bonds is 4. The van der Waals surface area contributed by atoms with Gasteiger partial charge in [-0.05, 0) is 30.7 Å². The standard InChI is InChI=1S/C12H12Cl2N4O2S/c1-7-4-10(14)11(6-9(7)13)18-21(19,20)8-2-3-16-12(5-8)17-15/h2-6,18H,15H2,1H3,(H,16,17). The third-order valence-corrected chi connectivity index (χ3v) is 4.77. The number of hydrogen-bond acceptors (Lipinski definition) is 5. The van der Waals surface area contributed by atoms with Crippen LogP contribution >= 0.6 is 23.2 Å². The Balaban J connectivity index is 2.39. The van der Waals surface area contributed by atoms with E-state index in [1.165, 1.54) is 24.4 Å². The van der Waals surface area contributed by atoms with Crippen LogP contribution in [0.5, 0.6) is 0 Å². The fourth-order valence-corrected chi connectivity index (χ4v) is 3.15. The molecule has 0 bridgehead atoms. The summed E-state index contributed by atoms with van der Waals surface area (Å²) in [4.78, 5) is 3.84. The molecule has 0 fully saturated rings. The monoisotopic (exact) mass is 346 g/mol. The molecule has 0 radical (unpaired) electrons. The van der Waals surface area contributed by atoms with Gasteiger partial charge in [-0.3, -0.25) is 4.72 Å². The van der Waals surface area contributed by atoms with E-state index in [9.17, 15) is 8.42 Å². The van der Waals surface area contributed by atoms with E-state index in [1.807, 2.05) is 0 Å². The maximum atomic E-state index is 12.3. The van der Waals surface area contributed by atoms with Crippen molar-refractivity contribution in [1.29, 1.82) is 0 Å². The summed E-state index contributed by atoms with van der Waals surface area (Å²) in [6.45, 7) is 1.77. The van der Waals surface area contributed by atoms with Crippen LogP contribution in [0.2, 0.25) is 10.0 Å². The van der Waals surface area contributed by atoms with Crippen molar-refractivity contribution in [1.82, 2.24) is 4.98 Å². The van der Waals surface area contributed by atoms with Gasteiger partial charge in [0.2, 0.25) is 0 Å². The van der Waals surface area contributed by atoms with Gasteiger partial charge < -0.3 is 5.43 Å². The second-order valence-corrected chi connectivity index (χ2v) is 6.70. The SMILES string of the molecule is Cc1cc(Cl)c(NS(=O)(=O)c2ccnc(NN)c2)cc1Cl. The zero-order valence-corrected chi connectivity index (χ0v) is 13.2. The number of hydrazine groups is 1. The topological polar surface area (TPSA) is 97.1 Å². The highest BCUT2D eigenvalue weighted by molar-refractivity contribution is 7.92. The molecule has 2 rings (SSSR count). The van der Waals surface area contributed by atoms with Gasteiger partial charge in [-0.1, -0.05) is 23.2 Å². The Morgan fingerprint density at radius 2 is 1.90 bits per heavy atom. The maximum Gasteiger partial charge on any atom is 0.262 e. The molecule has 4 N–H and O–H groups in total. The Morgan fingerprint density at radius 3 is 2.57 bits per heavy atom. The van der Waals surface area contributed by atoms with Crippen molar-refractivity contribution >= 4 is 44.7 Å². The van der Waals surface area contributed by atoms with Crippen LogP contribution in [0.15, 0.2) is 35.4 Å². The average Bonchev–Trinajstić information content (AvgIpc) is 2.44. The van der Waals surface area contributed by atoms with Crippen molar-refractivity contribution < 1.29 is 8.42 Å². The Morgan fingerprint density at radius 1 is 1.19 bits per heavy atom. The number of halogens is 2. The van der Waals surface area contributed by atoms with E-state index in [0.29, 0.717) is 5.02 Å². The number of nitrogens with one attached hydrogen (secondary N) is 2. The van der Waals surface area contributed by atoms with Gasteiger partial charge in [0.05, 0.1) is 15.6 Å². The number of benzene rings is 1. The Hall–Kier alpha value is -1.54. The normalized spacial score (nSPS) is 11.2. The minimum atomic E-state index is -3.83. The zero-order chi connectivity index (χ0) is 15.6. The van der Waals surface area contributed by atoms with E-state index in [-0.39, 0.29) is 21.4 Å². The summed E-state index contributed by atoms with van der Waals surface area (Å²) in [6, 6.07) is 5.68. The number of aromatic nitrogens is 1. The van der Waals surface area contributed by atoms with Crippen molar-refractivity contribution in [2.24, 2.45) is 5.84 Å². The van der Waals surface area contributed by atoms with E-state index in [1.54, 1.807) is 13.0 Å². The fraction of sp³-hybridized carbons (Fsp3) is 0.0833. The summed E-state index contributed by atoms with van der Waals surface area (Å²) in [6.07, 6.45) is 1.33. The smallest absolute Gasteiger partial charge is 0.262 e. The number of nitrogens with zero attached hydrogens (tertiary/aromatic N) is 1. The first kappa shape index (κ1) is 15.8. The van der Waals surface area contributed by atoms with Gasteiger partial charge in [0.25, 0.3) is 10.0 Å². The highest BCUT2D eigenvalue weighted by atomic mass is 35.5. The van der Waals surface area contributed by atoms with Gasteiger partial charge in [0.1, 0.15) is 5.82 Å². The molecule has 6 nitrogen and oxygen atoms in total. The zero-order valence-electron chi connectivity index (χ0n) is 10.9. The van der Waals surface area contributed by atoms with Crippen LogP contribution in [-0.4, -0.2) is 13.4 Å². The number of aryl methyl sites for hydroxylation is 1. The predicted molar refractivity (Wildman–Crippen MR) is 84.1 cm³/mol. The Kier molecular flexibility index (Phi) is 4.58. The third kappa shape index (κ3) is 3.56. The van der Waals surface area contributed by atoms with Crippen LogP contribution in [0.4, 0.5) is 11.5 Å². The van der Waals surface area contributed by atoms with Gasteiger partial charge in [-0.15, -0.1) is 0 Å². The van der Waals surface area contributed by atoms with Gasteiger partial charge >= 0.3 is 0 Å². The highest BCUT2D eigenvalue weighted by Gasteiger charge is 2.17. The van der Waals surface area contributed by atoms with Crippen molar-refractivity contribution in [2.45, 2.75) is 11.8 Å². The summed E-state index contributed by atoms with van der Waals surface area (Å²) in [5.41, 5.74) is 3.23. The minimum Gasteiger partial charge on any atom is -0.308 e. The molecule has 0 atom stereocenters. The molecule has 0 aliphatic heterocycles. The molecule has 0 aliphatic rings. The quantitative estimate of drug-likeness (QED) is 0.584. The first-order valence-electron chi connectivity index (χ1n) is 5.74. The number of anilines is 2. The molecule has 2 aromatic rings. The number of nitrogen functional groups attached to an aromatic ring is 1. The van der Waals surface area contributed by atoms with Crippen LogP contribution in [0.3, 0.4) is 0 Å². The minimum absolute atomic E-state index is 0.00165. The highest BCUT2D eigenvalue weighted by Crippen LogP contribution is 2.30. The molecule has 0 amide bonds. The summed E-state index contributed by atoms with van der Waals surface area (Å²) < 4.78 is 27.0. The molecule has 21 heavy (non-hydrogen) atoms. The third-order valence-electron chi connectivity index (χ3n) is 2.68. The lowest BCUT2D eigenvalue weighted by atomic mass is 10.2. The molecule has 0 saturated carbocycles. The summed E-state index contributed by atoms with van der Waals surface area (Å²) in [5.74, 6) is 5.44. The maximum absolute atomic E-state index is 12.3. The molecule has 1 aromatic carbocycles. The van der Waals surface area contributed by atoms with E-state index in [4.69, 9.17) is 29.0 Å². The average molecular weight is 347 g/mol.